The standard InChI is InChI=1S/C7H12O3.C4H10O3/c1-6(7(8)9)4-3-5-10-2;5-1-3-7-4-2-6/h4H,3,5H2,1-2H3,(H,8,9);5-6H,1-4H2. The maximum Gasteiger partial charge on any atom is 0.330 e. The Bertz CT molecular complexity index is 198. The Labute approximate surface area is 101 Å². The average molecular weight is 250 g/mol. The Hall–Kier alpha value is -0.950. The van der Waals surface area contributed by atoms with Crippen LogP contribution in [0.1, 0.15) is 13.3 Å². The van der Waals surface area contributed by atoms with E-state index in [0.717, 1.165) is 0 Å². The van der Waals surface area contributed by atoms with Crippen molar-refractivity contribution in [2.24, 2.45) is 0 Å². The lowest BCUT2D eigenvalue weighted by Gasteiger charge is -1.94. The second kappa shape index (κ2) is 15.0. The van der Waals surface area contributed by atoms with Crippen LogP contribution in [0.2, 0.25) is 0 Å². The van der Waals surface area contributed by atoms with Crippen molar-refractivity contribution in [3.05, 3.63) is 11.6 Å². The molecule has 0 atom stereocenters. The van der Waals surface area contributed by atoms with E-state index in [9.17, 15) is 4.79 Å². The van der Waals surface area contributed by atoms with Gasteiger partial charge in [-0.05, 0) is 13.3 Å². The Morgan fingerprint density at radius 3 is 2.06 bits per heavy atom. The van der Waals surface area contributed by atoms with Crippen LogP contribution in [0.15, 0.2) is 11.6 Å². The molecule has 6 nitrogen and oxygen atoms in total. The fraction of sp³-hybridized carbons (Fsp3) is 0.727. The number of aliphatic hydroxyl groups is 2. The summed E-state index contributed by atoms with van der Waals surface area (Å²) in [4.78, 5) is 10.2. The molecule has 0 spiro atoms. The number of aliphatic carboxylic acids is 1. The van der Waals surface area contributed by atoms with Crippen LogP contribution in [-0.4, -0.2) is 61.4 Å². The Balaban J connectivity index is 0. The quantitative estimate of drug-likeness (QED) is 0.416. The maximum absolute atomic E-state index is 10.2. The van der Waals surface area contributed by atoms with Crippen molar-refractivity contribution < 1.29 is 29.6 Å². The zero-order valence-electron chi connectivity index (χ0n) is 10.4. The second-order valence-corrected chi connectivity index (χ2v) is 3.03. The highest BCUT2D eigenvalue weighted by molar-refractivity contribution is 5.85. The van der Waals surface area contributed by atoms with E-state index in [-0.39, 0.29) is 13.2 Å². The van der Waals surface area contributed by atoms with E-state index in [1.54, 1.807) is 20.1 Å². The number of ether oxygens (including phenoxy) is 2. The lowest BCUT2D eigenvalue weighted by Crippen LogP contribution is -2.03. The van der Waals surface area contributed by atoms with Crippen LogP contribution < -0.4 is 0 Å². The summed E-state index contributed by atoms with van der Waals surface area (Å²) in [6.07, 6.45) is 2.31. The molecule has 102 valence electrons. The molecular formula is C11H22O6. The number of rotatable bonds is 8. The highest BCUT2D eigenvalue weighted by Crippen LogP contribution is 1.94. The number of carbonyl (C=O) groups is 1. The fourth-order valence-electron chi connectivity index (χ4n) is 0.712. The van der Waals surface area contributed by atoms with Gasteiger partial charge in [0.2, 0.25) is 0 Å². The predicted molar refractivity (Wildman–Crippen MR) is 62.9 cm³/mol. The number of aliphatic hydroxyl groups excluding tert-OH is 2. The van der Waals surface area contributed by atoms with Crippen LogP contribution in [0.25, 0.3) is 0 Å². The van der Waals surface area contributed by atoms with Crippen molar-refractivity contribution >= 4 is 5.97 Å². The largest absolute Gasteiger partial charge is 0.478 e. The van der Waals surface area contributed by atoms with Crippen molar-refractivity contribution in [2.45, 2.75) is 13.3 Å². The monoisotopic (exact) mass is 250 g/mol. The topological polar surface area (TPSA) is 96.2 Å². The second-order valence-electron chi connectivity index (χ2n) is 3.03. The summed E-state index contributed by atoms with van der Waals surface area (Å²) < 4.78 is 9.37. The molecule has 0 unspecified atom stereocenters. The summed E-state index contributed by atoms with van der Waals surface area (Å²) >= 11 is 0. The highest BCUT2D eigenvalue weighted by Gasteiger charge is 1.96. The summed E-state index contributed by atoms with van der Waals surface area (Å²) in [6.45, 7) is 2.84. The average Bonchev–Trinajstić information content (AvgIpc) is 2.30. The van der Waals surface area contributed by atoms with E-state index in [1.165, 1.54) is 0 Å². The summed E-state index contributed by atoms with van der Waals surface area (Å²) in [7, 11) is 1.59. The van der Waals surface area contributed by atoms with Crippen LogP contribution in [-0.2, 0) is 14.3 Å². The molecule has 0 radical (unpaired) electrons. The van der Waals surface area contributed by atoms with E-state index in [2.05, 4.69) is 4.74 Å². The number of hydrogen-bond acceptors (Lipinski definition) is 5. The van der Waals surface area contributed by atoms with Crippen LogP contribution in [0, 0.1) is 0 Å². The van der Waals surface area contributed by atoms with Crippen molar-refractivity contribution in [3.8, 4) is 0 Å². The van der Waals surface area contributed by atoms with Crippen molar-refractivity contribution in [1.82, 2.24) is 0 Å². The van der Waals surface area contributed by atoms with Gasteiger partial charge >= 0.3 is 5.97 Å². The van der Waals surface area contributed by atoms with Gasteiger partial charge in [0.15, 0.2) is 0 Å². The molecule has 0 heterocycles. The molecule has 0 saturated carbocycles. The lowest BCUT2D eigenvalue weighted by atomic mass is 10.2. The molecule has 0 saturated heterocycles. The Morgan fingerprint density at radius 1 is 1.18 bits per heavy atom. The van der Waals surface area contributed by atoms with Gasteiger partial charge in [0.05, 0.1) is 26.4 Å². The zero-order valence-corrected chi connectivity index (χ0v) is 10.4. The number of methoxy groups -OCH3 is 1. The summed E-state index contributed by atoms with van der Waals surface area (Å²) in [6, 6.07) is 0. The zero-order chi connectivity index (χ0) is 13.5. The van der Waals surface area contributed by atoms with Crippen molar-refractivity contribution in [3.63, 3.8) is 0 Å². The summed E-state index contributed by atoms with van der Waals surface area (Å²) in [5, 5.41) is 24.5. The fourth-order valence-corrected chi connectivity index (χ4v) is 0.712. The first-order chi connectivity index (χ1) is 8.09. The number of carboxylic acid groups (broad SMARTS) is 1. The van der Waals surface area contributed by atoms with Gasteiger partial charge < -0.3 is 24.8 Å². The molecule has 0 fully saturated rings. The van der Waals surface area contributed by atoms with Crippen molar-refractivity contribution in [2.75, 3.05) is 40.1 Å². The third kappa shape index (κ3) is 17.7. The highest BCUT2D eigenvalue weighted by atomic mass is 16.5. The lowest BCUT2D eigenvalue weighted by molar-refractivity contribution is -0.132. The third-order valence-electron chi connectivity index (χ3n) is 1.58. The normalized spacial score (nSPS) is 10.7. The van der Waals surface area contributed by atoms with Gasteiger partial charge in [-0.3, -0.25) is 0 Å². The van der Waals surface area contributed by atoms with Gasteiger partial charge in [-0.15, -0.1) is 0 Å². The summed E-state index contributed by atoms with van der Waals surface area (Å²) in [5.74, 6) is -0.865. The third-order valence-corrected chi connectivity index (χ3v) is 1.58. The minimum atomic E-state index is -0.865. The van der Waals surface area contributed by atoms with Gasteiger partial charge in [0.1, 0.15) is 0 Å². The van der Waals surface area contributed by atoms with Crippen LogP contribution in [0.3, 0.4) is 0 Å². The smallest absolute Gasteiger partial charge is 0.330 e. The van der Waals surface area contributed by atoms with Gasteiger partial charge in [0, 0.05) is 19.3 Å². The van der Waals surface area contributed by atoms with E-state index in [1.807, 2.05) is 0 Å². The molecule has 0 aromatic rings. The van der Waals surface area contributed by atoms with E-state index >= 15 is 0 Å². The predicted octanol–water partition coefficient (Wildman–Crippen LogP) is 0.0414. The van der Waals surface area contributed by atoms with Gasteiger partial charge in [-0.2, -0.15) is 0 Å². The molecule has 0 bridgehead atoms. The minimum absolute atomic E-state index is 0.0278. The molecule has 0 aromatic carbocycles. The SMILES string of the molecule is COCCC=C(C)C(=O)O.OCCOCCO. The molecular weight excluding hydrogens is 228 g/mol. The van der Waals surface area contributed by atoms with Gasteiger partial charge in [-0.1, -0.05) is 6.08 Å². The van der Waals surface area contributed by atoms with Gasteiger partial charge in [0.25, 0.3) is 0 Å². The van der Waals surface area contributed by atoms with Crippen LogP contribution in [0.5, 0.6) is 0 Å². The van der Waals surface area contributed by atoms with E-state index < -0.39 is 5.97 Å². The first-order valence-corrected chi connectivity index (χ1v) is 5.28. The van der Waals surface area contributed by atoms with E-state index in [0.29, 0.717) is 31.8 Å². The molecule has 6 heteroatoms. The van der Waals surface area contributed by atoms with Gasteiger partial charge in [-0.25, -0.2) is 4.79 Å². The molecule has 0 aliphatic heterocycles. The molecule has 3 N–H and O–H groups in total. The molecule has 17 heavy (non-hydrogen) atoms. The molecule has 0 rings (SSSR count). The first-order valence-electron chi connectivity index (χ1n) is 5.28. The molecule has 0 aliphatic carbocycles. The molecule has 0 aliphatic rings. The van der Waals surface area contributed by atoms with E-state index in [4.69, 9.17) is 20.1 Å². The first kappa shape index (κ1) is 18.4. The van der Waals surface area contributed by atoms with Crippen LogP contribution >= 0.6 is 0 Å². The Kier molecular flexibility index (Phi) is 16.3. The van der Waals surface area contributed by atoms with Crippen molar-refractivity contribution in [1.29, 1.82) is 0 Å². The number of carboxylic acids is 1. The number of hydrogen-bond donors (Lipinski definition) is 3. The minimum Gasteiger partial charge on any atom is -0.478 e. The maximum atomic E-state index is 10.2. The van der Waals surface area contributed by atoms with Crippen LogP contribution in [0.4, 0.5) is 0 Å². The summed E-state index contributed by atoms with van der Waals surface area (Å²) in [5.41, 5.74) is 0.372. The Morgan fingerprint density at radius 2 is 1.71 bits per heavy atom. The molecule has 0 amide bonds. The molecule has 0 aromatic heterocycles.